The molecule has 0 aromatic carbocycles. The zero-order valence-corrected chi connectivity index (χ0v) is 13.2. The van der Waals surface area contributed by atoms with Crippen LogP contribution in [0.1, 0.15) is 44.6 Å². The molecular weight excluding hydrogens is 264 g/mol. The van der Waals surface area contributed by atoms with Gasteiger partial charge < -0.3 is 4.90 Å². The third-order valence-electron chi connectivity index (χ3n) is 5.17. The molecule has 0 radical (unpaired) electrons. The minimum Gasteiger partial charge on any atom is -0.337 e. The Kier molecular flexibility index (Phi) is 4.02. The van der Waals surface area contributed by atoms with Crippen LogP contribution in [0.15, 0.2) is 12.4 Å². The molecular formula is C16H26N4O. The molecule has 2 aliphatic heterocycles. The SMILES string of the molecule is CCN1C(=O)CC[C@@]12CCCN(Cc1cnn(C)c1)CC2. The quantitative estimate of drug-likeness (QED) is 0.852. The molecule has 0 unspecified atom stereocenters. The summed E-state index contributed by atoms with van der Waals surface area (Å²) in [5, 5.41) is 4.25. The van der Waals surface area contributed by atoms with Crippen molar-refractivity contribution >= 4 is 5.91 Å². The van der Waals surface area contributed by atoms with Gasteiger partial charge in [0.15, 0.2) is 0 Å². The lowest BCUT2D eigenvalue weighted by molar-refractivity contribution is -0.131. The average molecular weight is 290 g/mol. The van der Waals surface area contributed by atoms with Gasteiger partial charge in [-0.15, -0.1) is 0 Å². The van der Waals surface area contributed by atoms with Gasteiger partial charge in [0.2, 0.25) is 5.91 Å². The molecule has 0 bridgehead atoms. The Morgan fingerprint density at radius 2 is 2.14 bits per heavy atom. The Hall–Kier alpha value is -1.36. The zero-order chi connectivity index (χ0) is 14.9. The number of hydrogen-bond acceptors (Lipinski definition) is 3. The lowest BCUT2D eigenvalue weighted by Crippen LogP contribution is -2.46. The Morgan fingerprint density at radius 1 is 1.29 bits per heavy atom. The summed E-state index contributed by atoms with van der Waals surface area (Å²) >= 11 is 0. The first-order valence-corrected chi connectivity index (χ1v) is 8.13. The lowest BCUT2D eigenvalue weighted by atomic mass is 9.88. The second-order valence-corrected chi connectivity index (χ2v) is 6.51. The second kappa shape index (κ2) is 5.79. The lowest BCUT2D eigenvalue weighted by Gasteiger charge is -2.37. The van der Waals surface area contributed by atoms with Gasteiger partial charge in [0.1, 0.15) is 0 Å². The van der Waals surface area contributed by atoms with Gasteiger partial charge in [0.05, 0.1) is 6.20 Å². The van der Waals surface area contributed by atoms with Crippen LogP contribution in [0.2, 0.25) is 0 Å². The standard InChI is InChI=1S/C16H26N4O/c1-3-20-15(21)5-7-16(20)6-4-9-19(10-8-16)13-14-11-17-18(2)12-14/h11-12H,3-10,13H2,1-2H3/t16-/m1/s1. The number of nitrogens with zero attached hydrogens (tertiary/aromatic N) is 4. The molecule has 5 heteroatoms. The molecule has 5 nitrogen and oxygen atoms in total. The predicted octanol–water partition coefficient (Wildman–Crippen LogP) is 1.79. The molecule has 3 heterocycles. The molecule has 2 aliphatic rings. The van der Waals surface area contributed by atoms with E-state index < -0.39 is 0 Å². The first-order chi connectivity index (χ1) is 10.1. The summed E-state index contributed by atoms with van der Waals surface area (Å²) in [6.07, 6.45) is 9.32. The van der Waals surface area contributed by atoms with E-state index in [2.05, 4.69) is 28.0 Å². The fourth-order valence-corrected chi connectivity index (χ4v) is 4.11. The van der Waals surface area contributed by atoms with E-state index in [1.54, 1.807) is 0 Å². The maximum Gasteiger partial charge on any atom is 0.223 e. The molecule has 2 fully saturated rings. The molecule has 1 atom stereocenters. The van der Waals surface area contributed by atoms with Crippen molar-refractivity contribution in [1.82, 2.24) is 19.6 Å². The van der Waals surface area contributed by atoms with E-state index in [1.807, 2.05) is 17.9 Å². The Bertz CT molecular complexity index is 512. The number of aryl methyl sites for hydroxylation is 1. The van der Waals surface area contributed by atoms with E-state index in [9.17, 15) is 4.79 Å². The van der Waals surface area contributed by atoms with Crippen molar-refractivity contribution in [3.63, 3.8) is 0 Å². The van der Waals surface area contributed by atoms with E-state index >= 15 is 0 Å². The van der Waals surface area contributed by atoms with Crippen molar-refractivity contribution in [2.75, 3.05) is 19.6 Å². The van der Waals surface area contributed by atoms with Crippen LogP contribution in [0.4, 0.5) is 0 Å². The summed E-state index contributed by atoms with van der Waals surface area (Å²) in [5.41, 5.74) is 1.43. The highest BCUT2D eigenvalue weighted by molar-refractivity contribution is 5.79. The van der Waals surface area contributed by atoms with Crippen molar-refractivity contribution in [1.29, 1.82) is 0 Å². The van der Waals surface area contributed by atoms with E-state index in [-0.39, 0.29) is 5.54 Å². The van der Waals surface area contributed by atoms with Crippen LogP contribution in [0.5, 0.6) is 0 Å². The molecule has 0 saturated carbocycles. The van der Waals surface area contributed by atoms with Crippen LogP contribution in [-0.2, 0) is 18.4 Å². The molecule has 1 amide bonds. The van der Waals surface area contributed by atoms with Crippen LogP contribution in [0.25, 0.3) is 0 Å². The minimum absolute atomic E-state index is 0.148. The molecule has 2 saturated heterocycles. The summed E-state index contributed by atoms with van der Waals surface area (Å²) in [6.45, 7) is 6.16. The maximum absolute atomic E-state index is 12.1. The summed E-state index contributed by atoms with van der Waals surface area (Å²) in [6, 6.07) is 0. The van der Waals surface area contributed by atoms with Crippen molar-refractivity contribution in [3.05, 3.63) is 18.0 Å². The Balaban J connectivity index is 1.65. The van der Waals surface area contributed by atoms with Gasteiger partial charge in [-0.3, -0.25) is 14.4 Å². The second-order valence-electron chi connectivity index (χ2n) is 6.51. The third-order valence-corrected chi connectivity index (χ3v) is 5.17. The summed E-state index contributed by atoms with van der Waals surface area (Å²) in [7, 11) is 1.96. The van der Waals surface area contributed by atoms with Crippen molar-refractivity contribution in [2.24, 2.45) is 7.05 Å². The van der Waals surface area contributed by atoms with Crippen LogP contribution in [0, 0.1) is 0 Å². The third kappa shape index (κ3) is 2.84. The average Bonchev–Trinajstić information content (AvgIpc) is 2.92. The van der Waals surface area contributed by atoms with Crippen molar-refractivity contribution < 1.29 is 4.79 Å². The van der Waals surface area contributed by atoms with Gasteiger partial charge in [-0.2, -0.15) is 5.10 Å². The fourth-order valence-electron chi connectivity index (χ4n) is 4.11. The first kappa shape index (κ1) is 14.6. The van der Waals surface area contributed by atoms with Crippen LogP contribution < -0.4 is 0 Å². The minimum atomic E-state index is 0.148. The van der Waals surface area contributed by atoms with Crippen molar-refractivity contribution in [3.8, 4) is 0 Å². The number of aromatic nitrogens is 2. The highest BCUT2D eigenvalue weighted by Crippen LogP contribution is 2.38. The van der Waals surface area contributed by atoms with Crippen LogP contribution >= 0.6 is 0 Å². The molecule has 3 rings (SSSR count). The number of carbonyl (C=O) groups is 1. The molecule has 1 spiro atoms. The zero-order valence-electron chi connectivity index (χ0n) is 13.2. The smallest absolute Gasteiger partial charge is 0.223 e. The van der Waals surface area contributed by atoms with E-state index in [0.717, 1.165) is 51.9 Å². The fraction of sp³-hybridized carbons (Fsp3) is 0.750. The van der Waals surface area contributed by atoms with E-state index in [4.69, 9.17) is 0 Å². The highest BCUT2D eigenvalue weighted by Gasteiger charge is 2.44. The number of carbonyl (C=O) groups excluding carboxylic acids is 1. The maximum atomic E-state index is 12.1. The molecule has 0 aliphatic carbocycles. The monoisotopic (exact) mass is 290 g/mol. The van der Waals surface area contributed by atoms with E-state index in [1.165, 1.54) is 12.0 Å². The number of likely N-dealkylation sites (tertiary alicyclic amines) is 2. The summed E-state index contributed by atoms with van der Waals surface area (Å²) in [5.74, 6) is 0.359. The topological polar surface area (TPSA) is 41.4 Å². The Labute approximate surface area is 126 Å². The van der Waals surface area contributed by atoms with Crippen LogP contribution in [-0.4, -0.2) is 50.7 Å². The molecule has 0 N–H and O–H groups in total. The van der Waals surface area contributed by atoms with Gasteiger partial charge in [-0.05, 0) is 39.2 Å². The predicted molar refractivity (Wildman–Crippen MR) is 81.7 cm³/mol. The van der Waals surface area contributed by atoms with Gasteiger partial charge >= 0.3 is 0 Å². The number of hydrogen-bond donors (Lipinski definition) is 0. The van der Waals surface area contributed by atoms with Gasteiger partial charge in [-0.25, -0.2) is 0 Å². The Morgan fingerprint density at radius 3 is 2.86 bits per heavy atom. The van der Waals surface area contributed by atoms with Crippen molar-refractivity contribution in [2.45, 2.75) is 51.1 Å². The van der Waals surface area contributed by atoms with E-state index in [0.29, 0.717) is 5.91 Å². The molecule has 1 aromatic rings. The molecule has 1 aromatic heterocycles. The highest BCUT2D eigenvalue weighted by atomic mass is 16.2. The summed E-state index contributed by atoms with van der Waals surface area (Å²) in [4.78, 5) is 16.7. The normalized spacial score (nSPS) is 27.5. The number of amides is 1. The first-order valence-electron chi connectivity index (χ1n) is 8.13. The van der Waals surface area contributed by atoms with Gasteiger partial charge in [0, 0.05) is 50.4 Å². The van der Waals surface area contributed by atoms with Crippen LogP contribution in [0.3, 0.4) is 0 Å². The summed E-state index contributed by atoms with van der Waals surface area (Å²) < 4.78 is 1.86. The molecule has 116 valence electrons. The van der Waals surface area contributed by atoms with Gasteiger partial charge in [-0.1, -0.05) is 0 Å². The molecule has 21 heavy (non-hydrogen) atoms. The van der Waals surface area contributed by atoms with Gasteiger partial charge in [0.25, 0.3) is 0 Å². The number of rotatable bonds is 3. The largest absolute Gasteiger partial charge is 0.337 e.